The summed E-state index contributed by atoms with van der Waals surface area (Å²) in [6.45, 7) is 5.37. The number of nitrogens with one attached hydrogen (secondary N) is 1. The van der Waals surface area contributed by atoms with Crippen LogP contribution in [0.15, 0.2) is 48.7 Å². The number of rotatable bonds is 5. The third-order valence-corrected chi connectivity index (χ3v) is 3.87. The van der Waals surface area contributed by atoms with Gasteiger partial charge in [0.2, 0.25) is 0 Å². The number of aromatic nitrogens is 2. The van der Waals surface area contributed by atoms with Gasteiger partial charge in [0.05, 0.1) is 5.02 Å². The highest BCUT2D eigenvalue weighted by Gasteiger charge is 2.14. The van der Waals surface area contributed by atoms with Gasteiger partial charge < -0.3 is 5.32 Å². The average Bonchev–Trinajstić information content (AvgIpc) is 2.86. The summed E-state index contributed by atoms with van der Waals surface area (Å²) < 4.78 is 2.03. The van der Waals surface area contributed by atoms with Crippen LogP contribution < -0.4 is 5.32 Å². The molecule has 3 nitrogen and oxygen atoms in total. The molecule has 2 aromatic heterocycles. The molecule has 0 fully saturated rings. The van der Waals surface area contributed by atoms with Crippen LogP contribution in [0.5, 0.6) is 0 Å². The fourth-order valence-electron chi connectivity index (χ4n) is 2.46. The van der Waals surface area contributed by atoms with E-state index in [1.165, 1.54) is 0 Å². The molecule has 0 saturated heterocycles. The standard InChI is InChI=1S/C18H20ClN3/c1-13(2)10-11-20-18-17(14-6-4-3-5-7-14)21-16-9-8-15(19)12-22(16)18/h3-9,12-13,20H,10-11H2,1-2H3. The summed E-state index contributed by atoms with van der Waals surface area (Å²) >= 11 is 6.15. The predicted octanol–water partition coefficient (Wildman–Crippen LogP) is 5.11. The molecule has 0 radical (unpaired) electrons. The van der Waals surface area contributed by atoms with Crippen molar-refractivity contribution in [3.05, 3.63) is 53.7 Å². The van der Waals surface area contributed by atoms with Crippen molar-refractivity contribution in [3.63, 3.8) is 0 Å². The van der Waals surface area contributed by atoms with Crippen LogP contribution in [0.2, 0.25) is 5.02 Å². The normalized spacial score (nSPS) is 11.3. The highest BCUT2D eigenvalue weighted by Crippen LogP contribution is 2.29. The van der Waals surface area contributed by atoms with E-state index in [2.05, 4.69) is 31.3 Å². The first-order chi connectivity index (χ1) is 10.6. The zero-order chi connectivity index (χ0) is 15.5. The van der Waals surface area contributed by atoms with Crippen molar-refractivity contribution in [2.24, 2.45) is 5.92 Å². The van der Waals surface area contributed by atoms with E-state index in [0.717, 1.165) is 35.7 Å². The van der Waals surface area contributed by atoms with Crippen molar-refractivity contribution >= 4 is 23.1 Å². The molecule has 22 heavy (non-hydrogen) atoms. The van der Waals surface area contributed by atoms with E-state index < -0.39 is 0 Å². The Hall–Kier alpha value is -2.00. The SMILES string of the molecule is CC(C)CCNc1c(-c2ccccc2)nc2ccc(Cl)cn12. The minimum atomic E-state index is 0.662. The summed E-state index contributed by atoms with van der Waals surface area (Å²) in [5.74, 6) is 1.67. The second kappa shape index (κ2) is 6.41. The first-order valence-electron chi connectivity index (χ1n) is 7.62. The Bertz CT molecular complexity index is 763. The third-order valence-electron chi connectivity index (χ3n) is 3.64. The molecule has 0 saturated carbocycles. The third kappa shape index (κ3) is 3.09. The second-order valence-electron chi connectivity index (χ2n) is 5.86. The topological polar surface area (TPSA) is 29.3 Å². The Labute approximate surface area is 136 Å². The molecule has 0 aliphatic carbocycles. The van der Waals surface area contributed by atoms with Crippen LogP contribution in [0.25, 0.3) is 16.9 Å². The van der Waals surface area contributed by atoms with E-state index >= 15 is 0 Å². The van der Waals surface area contributed by atoms with Crippen LogP contribution in [0.1, 0.15) is 20.3 Å². The first-order valence-corrected chi connectivity index (χ1v) is 8.00. The number of nitrogens with zero attached hydrogens (tertiary/aromatic N) is 2. The lowest BCUT2D eigenvalue weighted by molar-refractivity contribution is 0.606. The van der Waals surface area contributed by atoms with Crippen molar-refractivity contribution in [3.8, 4) is 11.3 Å². The number of anilines is 1. The summed E-state index contributed by atoms with van der Waals surface area (Å²) in [6, 6.07) is 14.1. The number of imidazole rings is 1. The molecule has 0 bridgehead atoms. The molecule has 2 heterocycles. The zero-order valence-corrected chi connectivity index (χ0v) is 13.6. The van der Waals surface area contributed by atoms with Crippen molar-refractivity contribution in [2.75, 3.05) is 11.9 Å². The Morgan fingerprint density at radius 3 is 2.64 bits per heavy atom. The van der Waals surface area contributed by atoms with Crippen molar-refractivity contribution < 1.29 is 0 Å². The molecule has 1 N–H and O–H groups in total. The van der Waals surface area contributed by atoms with E-state index in [1.807, 2.05) is 40.9 Å². The van der Waals surface area contributed by atoms with Crippen LogP contribution in [0.4, 0.5) is 5.82 Å². The van der Waals surface area contributed by atoms with E-state index in [4.69, 9.17) is 16.6 Å². The maximum absolute atomic E-state index is 6.15. The summed E-state index contributed by atoms with van der Waals surface area (Å²) in [4.78, 5) is 4.76. The molecule has 114 valence electrons. The van der Waals surface area contributed by atoms with Gasteiger partial charge in [-0.1, -0.05) is 55.8 Å². The van der Waals surface area contributed by atoms with Gasteiger partial charge in [0.25, 0.3) is 0 Å². The molecular formula is C18H20ClN3. The molecule has 0 aliphatic heterocycles. The predicted molar refractivity (Wildman–Crippen MR) is 93.6 cm³/mol. The lowest BCUT2D eigenvalue weighted by Crippen LogP contribution is -2.07. The molecular weight excluding hydrogens is 294 g/mol. The molecule has 3 rings (SSSR count). The average molecular weight is 314 g/mol. The second-order valence-corrected chi connectivity index (χ2v) is 6.30. The zero-order valence-electron chi connectivity index (χ0n) is 12.9. The van der Waals surface area contributed by atoms with Crippen LogP contribution in [-0.2, 0) is 0 Å². The fourth-order valence-corrected chi connectivity index (χ4v) is 2.62. The number of hydrogen-bond acceptors (Lipinski definition) is 2. The summed E-state index contributed by atoms with van der Waals surface area (Å²) in [7, 11) is 0. The van der Waals surface area contributed by atoms with E-state index in [0.29, 0.717) is 10.9 Å². The molecule has 4 heteroatoms. The van der Waals surface area contributed by atoms with E-state index in [-0.39, 0.29) is 0 Å². The largest absolute Gasteiger partial charge is 0.369 e. The Morgan fingerprint density at radius 1 is 1.14 bits per heavy atom. The molecule has 3 aromatic rings. The van der Waals surface area contributed by atoms with Gasteiger partial charge in [-0.2, -0.15) is 0 Å². The van der Waals surface area contributed by atoms with Crippen molar-refractivity contribution in [1.29, 1.82) is 0 Å². The summed E-state index contributed by atoms with van der Waals surface area (Å²) in [5, 5.41) is 4.24. The molecule has 0 unspecified atom stereocenters. The van der Waals surface area contributed by atoms with Crippen LogP contribution in [0, 0.1) is 5.92 Å². The van der Waals surface area contributed by atoms with Gasteiger partial charge in [-0.25, -0.2) is 4.98 Å². The maximum atomic E-state index is 6.15. The number of hydrogen-bond donors (Lipinski definition) is 1. The number of halogens is 1. The van der Waals surface area contributed by atoms with E-state index in [9.17, 15) is 0 Å². The van der Waals surface area contributed by atoms with Gasteiger partial charge in [-0.15, -0.1) is 0 Å². The quantitative estimate of drug-likeness (QED) is 0.709. The van der Waals surface area contributed by atoms with Gasteiger partial charge in [0.1, 0.15) is 17.2 Å². The molecule has 0 aliphatic rings. The monoisotopic (exact) mass is 313 g/mol. The lowest BCUT2D eigenvalue weighted by atomic mass is 10.1. The van der Waals surface area contributed by atoms with Crippen LogP contribution in [0.3, 0.4) is 0 Å². The first kappa shape index (κ1) is 14.9. The highest BCUT2D eigenvalue weighted by atomic mass is 35.5. The van der Waals surface area contributed by atoms with E-state index in [1.54, 1.807) is 0 Å². The summed E-state index contributed by atoms with van der Waals surface area (Å²) in [5.41, 5.74) is 2.97. The highest BCUT2D eigenvalue weighted by molar-refractivity contribution is 6.30. The van der Waals surface area contributed by atoms with Crippen LogP contribution in [-0.4, -0.2) is 15.9 Å². The maximum Gasteiger partial charge on any atom is 0.139 e. The Balaban J connectivity index is 2.06. The molecule has 0 amide bonds. The minimum Gasteiger partial charge on any atom is -0.369 e. The smallest absolute Gasteiger partial charge is 0.139 e. The van der Waals surface area contributed by atoms with Gasteiger partial charge in [-0.3, -0.25) is 4.40 Å². The van der Waals surface area contributed by atoms with Gasteiger partial charge in [0.15, 0.2) is 0 Å². The van der Waals surface area contributed by atoms with Gasteiger partial charge >= 0.3 is 0 Å². The van der Waals surface area contributed by atoms with Crippen molar-refractivity contribution in [1.82, 2.24) is 9.38 Å². The number of pyridine rings is 1. The number of benzene rings is 1. The molecule has 0 spiro atoms. The Kier molecular flexibility index (Phi) is 4.34. The summed E-state index contributed by atoms with van der Waals surface area (Å²) in [6.07, 6.45) is 3.02. The van der Waals surface area contributed by atoms with Gasteiger partial charge in [0, 0.05) is 18.3 Å². The molecule has 0 atom stereocenters. The van der Waals surface area contributed by atoms with Gasteiger partial charge in [-0.05, 0) is 24.5 Å². The minimum absolute atomic E-state index is 0.662. The molecule has 1 aromatic carbocycles. The lowest BCUT2D eigenvalue weighted by Gasteiger charge is -2.10. The van der Waals surface area contributed by atoms with Crippen LogP contribution >= 0.6 is 11.6 Å². The van der Waals surface area contributed by atoms with Crippen molar-refractivity contribution in [2.45, 2.75) is 20.3 Å². The fraction of sp³-hybridized carbons (Fsp3) is 0.278. The Morgan fingerprint density at radius 2 is 1.91 bits per heavy atom. The number of fused-ring (bicyclic) bond motifs is 1.